The van der Waals surface area contributed by atoms with E-state index in [1.807, 2.05) is 13.8 Å². The minimum absolute atomic E-state index is 0.0511. The van der Waals surface area contributed by atoms with E-state index in [2.05, 4.69) is 5.32 Å². The number of aliphatic carboxylic acids is 1. The van der Waals surface area contributed by atoms with Gasteiger partial charge in [0.1, 0.15) is 0 Å². The highest BCUT2D eigenvalue weighted by Crippen LogP contribution is 2.40. The van der Waals surface area contributed by atoms with E-state index < -0.39 is 23.6 Å². The van der Waals surface area contributed by atoms with Gasteiger partial charge in [0.2, 0.25) is 5.91 Å². The third-order valence-corrected chi connectivity index (χ3v) is 5.03. The van der Waals surface area contributed by atoms with Gasteiger partial charge in [-0.25, -0.2) is 0 Å². The molecule has 1 amide bonds. The molecule has 4 nitrogen and oxygen atoms in total. The lowest BCUT2D eigenvalue weighted by Crippen LogP contribution is -2.49. The van der Waals surface area contributed by atoms with Gasteiger partial charge in [0.05, 0.1) is 12.3 Å². The second-order valence-electron chi connectivity index (χ2n) is 6.57. The third-order valence-electron chi connectivity index (χ3n) is 5.03. The van der Waals surface area contributed by atoms with Crippen LogP contribution in [-0.2, 0) is 9.59 Å². The second-order valence-corrected chi connectivity index (χ2v) is 6.57. The normalized spacial score (nSPS) is 22.7. The maximum absolute atomic E-state index is 12.6. The summed E-state index contributed by atoms with van der Waals surface area (Å²) < 4.78 is 37.9. The fourth-order valence-corrected chi connectivity index (χ4v) is 3.31. The molecule has 0 heterocycles. The molecule has 134 valence electrons. The summed E-state index contributed by atoms with van der Waals surface area (Å²) in [5, 5.41) is 11.8. The van der Waals surface area contributed by atoms with Crippen LogP contribution in [0.15, 0.2) is 0 Å². The molecule has 0 aliphatic heterocycles. The average molecular weight is 337 g/mol. The van der Waals surface area contributed by atoms with Gasteiger partial charge in [-0.15, -0.1) is 0 Å². The largest absolute Gasteiger partial charge is 0.481 e. The van der Waals surface area contributed by atoms with Crippen molar-refractivity contribution in [3.8, 4) is 0 Å². The Hall–Kier alpha value is -1.27. The van der Waals surface area contributed by atoms with Gasteiger partial charge in [-0.2, -0.15) is 13.2 Å². The number of hydrogen-bond donors (Lipinski definition) is 2. The van der Waals surface area contributed by atoms with Crippen molar-refractivity contribution in [2.75, 3.05) is 0 Å². The van der Waals surface area contributed by atoms with E-state index in [4.69, 9.17) is 5.11 Å². The fraction of sp³-hybridized carbons (Fsp3) is 0.875. The number of carbonyl (C=O) groups is 2. The summed E-state index contributed by atoms with van der Waals surface area (Å²) in [6, 6.07) is 0. The Kier molecular flexibility index (Phi) is 6.89. The van der Waals surface area contributed by atoms with Crippen LogP contribution in [0.4, 0.5) is 13.2 Å². The van der Waals surface area contributed by atoms with Gasteiger partial charge < -0.3 is 10.4 Å². The number of halogens is 3. The SMILES string of the molecule is CCC(CC)(CC(=O)O)NC(=O)CC1CCC(C(F)(F)F)CC1. The molecular weight excluding hydrogens is 311 g/mol. The van der Waals surface area contributed by atoms with Crippen LogP contribution in [0.2, 0.25) is 0 Å². The van der Waals surface area contributed by atoms with E-state index in [-0.39, 0.29) is 37.5 Å². The van der Waals surface area contributed by atoms with E-state index in [0.717, 1.165) is 0 Å². The highest BCUT2D eigenvalue weighted by Gasteiger charge is 2.41. The predicted molar refractivity (Wildman–Crippen MR) is 79.8 cm³/mol. The average Bonchev–Trinajstić information content (AvgIpc) is 2.45. The highest BCUT2D eigenvalue weighted by molar-refractivity contribution is 5.78. The van der Waals surface area contributed by atoms with Crippen molar-refractivity contribution < 1.29 is 27.9 Å². The van der Waals surface area contributed by atoms with Crippen LogP contribution in [0.25, 0.3) is 0 Å². The zero-order chi connectivity index (χ0) is 17.7. The lowest BCUT2D eigenvalue weighted by Gasteiger charge is -2.33. The third kappa shape index (κ3) is 6.03. The summed E-state index contributed by atoms with van der Waals surface area (Å²) in [5.41, 5.74) is -0.772. The second kappa shape index (κ2) is 8.02. The van der Waals surface area contributed by atoms with Crippen LogP contribution >= 0.6 is 0 Å². The summed E-state index contributed by atoms with van der Waals surface area (Å²) in [7, 11) is 0. The number of amides is 1. The summed E-state index contributed by atoms with van der Waals surface area (Å²) in [5.74, 6) is -2.53. The van der Waals surface area contributed by atoms with E-state index in [1.54, 1.807) is 0 Å². The Morgan fingerprint density at radius 1 is 1.09 bits per heavy atom. The van der Waals surface area contributed by atoms with Crippen LogP contribution < -0.4 is 5.32 Å². The number of alkyl halides is 3. The van der Waals surface area contributed by atoms with Crippen molar-refractivity contribution in [1.29, 1.82) is 0 Å². The van der Waals surface area contributed by atoms with Crippen molar-refractivity contribution in [3.05, 3.63) is 0 Å². The molecule has 23 heavy (non-hydrogen) atoms. The fourth-order valence-electron chi connectivity index (χ4n) is 3.31. The summed E-state index contributed by atoms with van der Waals surface area (Å²) in [4.78, 5) is 23.2. The summed E-state index contributed by atoms with van der Waals surface area (Å²) in [6.45, 7) is 3.64. The maximum Gasteiger partial charge on any atom is 0.391 e. The molecule has 1 saturated carbocycles. The zero-order valence-corrected chi connectivity index (χ0v) is 13.7. The molecule has 0 saturated heterocycles. The Balaban J connectivity index is 2.52. The Morgan fingerprint density at radius 2 is 1.61 bits per heavy atom. The molecule has 0 aromatic carbocycles. The van der Waals surface area contributed by atoms with Crippen LogP contribution in [0, 0.1) is 11.8 Å². The van der Waals surface area contributed by atoms with Crippen molar-refractivity contribution in [3.63, 3.8) is 0 Å². The van der Waals surface area contributed by atoms with Crippen molar-refractivity contribution in [1.82, 2.24) is 5.32 Å². The molecule has 7 heteroatoms. The van der Waals surface area contributed by atoms with E-state index in [1.165, 1.54) is 0 Å². The minimum Gasteiger partial charge on any atom is -0.481 e. The molecule has 0 radical (unpaired) electrons. The maximum atomic E-state index is 12.6. The number of carboxylic acid groups (broad SMARTS) is 1. The van der Waals surface area contributed by atoms with Gasteiger partial charge in [-0.1, -0.05) is 13.8 Å². The van der Waals surface area contributed by atoms with Crippen molar-refractivity contribution in [2.24, 2.45) is 11.8 Å². The molecule has 0 atom stereocenters. The lowest BCUT2D eigenvalue weighted by molar-refractivity contribution is -0.184. The predicted octanol–water partition coefficient (Wildman–Crippen LogP) is 3.89. The smallest absolute Gasteiger partial charge is 0.391 e. The van der Waals surface area contributed by atoms with Gasteiger partial charge >= 0.3 is 12.1 Å². The monoisotopic (exact) mass is 337 g/mol. The molecule has 0 aromatic rings. The standard InChI is InChI=1S/C16H26F3NO3/c1-3-15(4-2,10-14(22)23)20-13(21)9-11-5-7-12(8-6-11)16(17,18)19/h11-12H,3-10H2,1-2H3,(H,20,21)(H,22,23). The van der Waals surface area contributed by atoms with Gasteiger partial charge in [0.25, 0.3) is 0 Å². The Morgan fingerprint density at radius 3 is 2.00 bits per heavy atom. The van der Waals surface area contributed by atoms with Crippen molar-refractivity contribution >= 4 is 11.9 Å². The first kappa shape index (κ1) is 19.8. The molecule has 1 aliphatic carbocycles. The van der Waals surface area contributed by atoms with Gasteiger partial charge in [-0.3, -0.25) is 9.59 Å². The molecule has 2 N–H and O–H groups in total. The van der Waals surface area contributed by atoms with Crippen LogP contribution in [0.3, 0.4) is 0 Å². The van der Waals surface area contributed by atoms with E-state index in [0.29, 0.717) is 25.7 Å². The zero-order valence-electron chi connectivity index (χ0n) is 13.7. The highest BCUT2D eigenvalue weighted by atomic mass is 19.4. The quantitative estimate of drug-likeness (QED) is 0.740. The topological polar surface area (TPSA) is 66.4 Å². The first-order chi connectivity index (χ1) is 10.6. The van der Waals surface area contributed by atoms with Crippen LogP contribution in [0.1, 0.15) is 65.2 Å². The van der Waals surface area contributed by atoms with Crippen LogP contribution in [0.5, 0.6) is 0 Å². The molecule has 1 rings (SSSR count). The molecule has 1 fully saturated rings. The number of nitrogens with one attached hydrogen (secondary N) is 1. The molecular formula is C16H26F3NO3. The van der Waals surface area contributed by atoms with Gasteiger partial charge in [0, 0.05) is 12.0 Å². The van der Waals surface area contributed by atoms with E-state index >= 15 is 0 Å². The molecule has 0 spiro atoms. The number of rotatable bonds is 7. The first-order valence-corrected chi connectivity index (χ1v) is 8.21. The summed E-state index contributed by atoms with van der Waals surface area (Å²) in [6.07, 6.45) is -2.19. The van der Waals surface area contributed by atoms with Crippen molar-refractivity contribution in [2.45, 2.75) is 76.9 Å². The molecule has 0 bridgehead atoms. The Bertz CT molecular complexity index is 411. The lowest BCUT2D eigenvalue weighted by atomic mass is 9.80. The first-order valence-electron chi connectivity index (χ1n) is 8.21. The van der Waals surface area contributed by atoms with E-state index in [9.17, 15) is 22.8 Å². The van der Waals surface area contributed by atoms with Crippen LogP contribution in [-0.4, -0.2) is 28.7 Å². The number of hydrogen-bond acceptors (Lipinski definition) is 2. The summed E-state index contributed by atoms with van der Waals surface area (Å²) >= 11 is 0. The molecule has 0 unspecified atom stereocenters. The minimum atomic E-state index is -4.14. The Labute approximate surface area is 134 Å². The molecule has 0 aromatic heterocycles. The number of carbonyl (C=O) groups excluding carboxylic acids is 1. The van der Waals surface area contributed by atoms with Gasteiger partial charge in [0.15, 0.2) is 0 Å². The molecule has 1 aliphatic rings. The number of carboxylic acids is 1. The van der Waals surface area contributed by atoms with Gasteiger partial charge in [-0.05, 0) is 44.4 Å².